The van der Waals surface area contributed by atoms with Crippen molar-refractivity contribution in [3.05, 3.63) is 58.5 Å². The highest BCUT2D eigenvalue weighted by atomic mass is 32.1. The van der Waals surface area contributed by atoms with Crippen LogP contribution in [0.25, 0.3) is 11.0 Å². The SMILES string of the molecule is CC(=O)N1N=C(c2cccs2)CC1c1ccc2nccnc2c1. The van der Waals surface area contributed by atoms with Gasteiger partial charge in [0.05, 0.1) is 27.7 Å². The second kappa shape index (κ2) is 5.55. The molecule has 114 valence electrons. The van der Waals surface area contributed by atoms with Crippen LogP contribution in [0.3, 0.4) is 0 Å². The molecule has 0 bridgehead atoms. The van der Waals surface area contributed by atoms with Gasteiger partial charge in [-0.3, -0.25) is 14.8 Å². The molecule has 1 aliphatic heterocycles. The summed E-state index contributed by atoms with van der Waals surface area (Å²) in [7, 11) is 0. The summed E-state index contributed by atoms with van der Waals surface area (Å²) in [5.41, 5.74) is 3.67. The molecule has 0 radical (unpaired) electrons. The first-order valence-electron chi connectivity index (χ1n) is 7.34. The maximum absolute atomic E-state index is 12.0. The fourth-order valence-corrected chi connectivity index (χ4v) is 3.56. The largest absolute Gasteiger partial charge is 0.273 e. The Hall–Kier alpha value is -2.60. The van der Waals surface area contributed by atoms with Crippen molar-refractivity contribution in [2.24, 2.45) is 5.10 Å². The number of hydrazone groups is 1. The molecule has 1 aliphatic rings. The molecular formula is C17H14N4OS. The van der Waals surface area contributed by atoms with Crippen LogP contribution >= 0.6 is 11.3 Å². The minimum atomic E-state index is -0.0870. The molecule has 5 nitrogen and oxygen atoms in total. The van der Waals surface area contributed by atoms with Crippen molar-refractivity contribution in [1.29, 1.82) is 0 Å². The lowest BCUT2D eigenvalue weighted by atomic mass is 10.0. The Morgan fingerprint density at radius 3 is 2.78 bits per heavy atom. The zero-order valence-corrected chi connectivity index (χ0v) is 13.3. The molecule has 0 aliphatic carbocycles. The fraction of sp³-hybridized carbons (Fsp3) is 0.176. The maximum Gasteiger partial charge on any atom is 0.240 e. The zero-order valence-electron chi connectivity index (χ0n) is 12.5. The standard InChI is InChI=1S/C17H14N4OS/c1-11(22)21-16(10-15(20-21)17-3-2-8-23-17)12-4-5-13-14(9-12)19-7-6-18-13/h2-9,16H,10H2,1H3. The Balaban J connectivity index is 1.73. The number of nitrogens with zero attached hydrogens (tertiary/aromatic N) is 4. The Bertz CT molecular complexity index is 904. The van der Waals surface area contributed by atoms with Gasteiger partial charge in [0, 0.05) is 25.7 Å². The third kappa shape index (κ3) is 2.51. The molecule has 1 unspecified atom stereocenters. The van der Waals surface area contributed by atoms with Gasteiger partial charge in [-0.2, -0.15) is 5.10 Å². The lowest BCUT2D eigenvalue weighted by Gasteiger charge is -2.20. The van der Waals surface area contributed by atoms with Gasteiger partial charge in [-0.15, -0.1) is 11.3 Å². The van der Waals surface area contributed by atoms with Crippen LogP contribution in [0.15, 0.2) is 53.2 Å². The summed E-state index contributed by atoms with van der Waals surface area (Å²) in [5, 5.41) is 8.14. The third-order valence-corrected chi connectivity index (χ3v) is 4.84. The number of hydrogen-bond donors (Lipinski definition) is 0. The highest BCUT2D eigenvalue weighted by Gasteiger charge is 2.31. The lowest BCUT2D eigenvalue weighted by molar-refractivity contribution is -0.130. The molecule has 3 aromatic rings. The van der Waals surface area contributed by atoms with Gasteiger partial charge in [-0.05, 0) is 29.1 Å². The van der Waals surface area contributed by atoms with Gasteiger partial charge in [-0.25, -0.2) is 5.01 Å². The predicted octanol–water partition coefficient (Wildman–Crippen LogP) is 3.39. The monoisotopic (exact) mass is 322 g/mol. The average molecular weight is 322 g/mol. The number of carbonyl (C=O) groups excluding carboxylic acids is 1. The van der Waals surface area contributed by atoms with Gasteiger partial charge in [-0.1, -0.05) is 12.1 Å². The molecule has 1 aromatic carbocycles. The molecule has 0 spiro atoms. The Morgan fingerprint density at radius 1 is 1.22 bits per heavy atom. The van der Waals surface area contributed by atoms with Gasteiger partial charge in [0.1, 0.15) is 0 Å². The van der Waals surface area contributed by atoms with Crippen LogP contribution in [0.2, 0.25) is 0 Å². The number of thiophene rings is 1. The second-order valence-corrected chi connectivity index (χ2v) is 6.36. The van der Waals surface area contributed by atoms with Crippen LogP contribution < -0.4 is 0 Å². The van der Waals surface area contributed by atoms with Crippen LogP contribution in [-0.2, 0) is 4.79 Å². The molecule has 6 heteroatoms. The highest BCUT2D eigenvalue weighted by Crippen LogP contribution is 2.34. The van der Waals surface area contributed by atoms with E-state index in [0.29, 0.717) is 6.42 Å². The minimum Gasteiger partial charge on any atom is -0.273 e. The number of carbonyl (C=O) groups is 1. The van der Waals surface area contributed by atoms with E-state index in [0.717, 1.165) is 27.2 Å². The van der Waals surface area contributed by atoms with Crippen molar-refractivity contribution in [3.63, 3.8) is 0 Å². The van der Waals surface area contributed by atoms with Gasteiger partial charge >= 0.3 is 0 Å². The van der Waals surface area contributed by atoms with Crippen LogP contribution in [0, 0.1) is 0 Å². The van der Waals surface area contributed by atoms with Gasteiger partial charge in [0.15, 0.2) is 0 Å². The highest BCUT2D eigenvalue weighted by molar-refractivity contribution is 7.12. The van der Waals surface area contributed by atoms with E-state index >= 15 is 0 Å². The van der Waals surface area contributed by atoms with Crippen LogP contribution in [0.1, 0.15) is 29.8 Å². The van der Waals surface area contributed by atoms with E-state index in [1.807, 2.05) is 35.7 Å². The number of fused-ring (bicyclic) bond motifs is 1. The quantitative estimate of drug-likeness (QED) is 0.726. The van der Waals surface area contributed by atoms with Gasteiger partial charge < -0.3 is 0 Å². The Kier molecular flexibility index (Phi) is 3.38. The number of rotatable bonds is 2. The van der Waals surface area contributed by atoms with Crippen molar-refractivity contribution >= 4 is 34.0 Å². The molecular weight excluding hydrogens is 308 g/mol. The van der Waals surface area contributed by atoms with E-state index in [1.165, 1.54) is 0 Å². The first kappa shape index (κ1) is 14.0. The normalized spacial score (nSPS) is 17.5. The van der Waals surface area contributed by atoms with Crippen molar-refractivity contribution in [3.8, 4) is 0 Å². The van der Waals surface area contributed by atoms with E-state index in [9.17, 15) is 4.79 Å². The fourth-order valence-electron chi connectivity index (χ4n) is 2.84. The molecule has 23 heavy (non-hydrogen) atoms. The Morgan fingerprint density at radius 2 is 2.04 bits per heavy atom. The Labute approximate surface area is 137 Å². The molecule has 3 heterocycles. The van der Waals surface area contributed by atoms with Crippen molar-refractivity contribution in [2.75, 3.05) is 0 Å². The average Bonchev–Trinajstić information content (AvgIpc) is 3.23. The van der Waals surface area contributed by atoms with E-state index in [-0.39, 0.29) is 11.9 Å². The first-order chi connectivity index (χ1) is 11.2. The van der Waals surface area contributed by atoms with E-state index in [1.54, 1.807) is 35.7 Å². The summed E-state index contributed by atoms with van der Waals surface area (Å²) in [5.74, 6) is -0.0548. The molecule has 2 aromatic heterocycles. The van der Waals surface area contributed by atoms with Crippen molar-refractivity contribution in [1.82, 2.24) is 15.0 Å². The number of hydrogen-bond acceptors (Lipinski definition) is 5. The smallest absolute Gasteiger partial charge is 0.240 e. The molecule has 0 saturated heterocycles. The summed E-state index contributed by atoms with van der Waals surface area (Å²) in [6.45, 7) is 1.55. The summed E-state index contributed by atoms with van der Waals surface area (Å²) < 4.78 is 0. The van der Waals surface area contributed by atoms with Gasteiger partial charge in [0.25, 0.3) is 0 Å². The van der Waals surface area contributed by atoms with E-state index in [2.05, 4.69) is 15.1 Å². The zero-order chi connectivity index (χ0) is 15.8. The molecule has 0 fully saturated rings. The predicted molar refractivity (Wildman–Crippen MR) is 90.3 cm³/mol. The number of aromatic nitrogens is 2. The second-order valence-electron chi connectivity index (χ2n) is 5.41. The summed E-state index contributed by atoms with van der Waals surface area (Å²) >= 11 is 1.64. The molecule has 4 rings (SSSR count). The van der Waals surface area contributed by atoms with E-state index in [4.69, 9.17) is 0 Å². The first-order valence-corrected chi connectivity index (χ1v) is 8.22. The number of benzene rings is 1. The molecule has 1 amide bonds. The minimum absolute atomic E-state index is 0.0548. The van der Waals surface area contributed by atoms with Crippen LogP contribution in [0.4, 0.5) is 0 Å². The van der Waals surface area contributed by atoms with Crippen LogP contribution in [-0.4, -0.2) is 26.6 Å². The maximum atomic E-state index is 12.0. The lowest BCUT2D eigenvalue weighted by Crippen LogP contribution is -2.24. The topological polar surface area (TPSA) is 58.5 Å². The van der Waals surface area contributed by atoms with Crippen LogP contribution in [0.5, 0.6) is 0 Å². The van der Waals surface area contributed by atoms with Gasteiger partial charge in [0.2, 0.25) is 5.91 Å². The summed E-state index contributed by atoms with van der Waals surface area (Å²) in [6, 6.07) is 9.89. The third-order valence-electron chi connectivity index (χ3n) is 3.92. The summed E-state index contributed by atoms with van der Waals surface area (Å²) in [4.78, 5) is 21.8. The van der Waals surface area contributed by atoms with E-state index < -0.39 is 0 Å². The molecule has 0 N–H and O–H groups in total. The summed E-state index contributed by atoms with van der Waals surface area (Å²) in [6.07, 6.45) is 4.07. The van der Waals surface area contributed by atoms with Crippen molar-refractivity contribution < 1.29 is 4.79 Å². The molecule has 0 saturated carbocycles. The number of amides is 1. The van der Waals surface area contributed by atoms with Crippen molar-refractivity contribution in [2.45, 2.75) is 19.4 Å². The molecule has 1 atom stereocenters.